The van der Waals surface area contributed by atoms with Crippen LogP contribution in [0.4, 0.5) is 4.79 Å². The number of ether oxygens (including phenoxy) is 2. The van der Waals surface area contributed by atoms with Gasteiger partial charge in [-0.25, -0.2) is 20.0 Å². The molecule has 11 heteroatoms. The van der Waals surface area contributed by atoms with E-state index in [1.165, 1.54) is 11.8 Å². The second-order valence-electron chi connectivity index (χ2n) is 8.27. The fourth-order valence-electron chi connectivity index (χ4n) is 3.28. The molecule has 0 saturated carbocycles. The fourth-order valence-corrected chi connectivity index (χ4v) is 4.61. The van der Waals surface area contributed by atoms with Crippen molar-refractivity contribution in [1.82, 2.24) is 15.3 Å². The molecule has 3 amide bonds. The Bertz CT molecular complexity index is 958. The Kier molecular flexibility index (Phi) is 6.68. The van der Waals surface area contributed by atoms with E-state index in [1.807, 2.05) is 0 Å². The summed E-state index contributed by atoms with van der Waals surface area (Å²) in [6.45, 7) is 6.19. The largest absolute Gasteiger partial charge is 0.484 e. The number of nitrogens with zero attached hydrogens (tertiary/aromatic N) is 2. The number of thioether (sulfide) groups is 1. The number of carbonyl (C=O) groups is 4. The Labute approximate surface area is 189 Å². The number of rotatable bonds is 5. The van der Waals surface area contributed by atoms with Gasteiger partial charge in [-0.2, -0.15) is 0 Å². The van der Waals surface area contributed by atoms with E-state index in [9.17, 15) is 24.3 Å². The molecule has 10 nitrogen and oxygen atoms in total. The first-order valence-corrected chi connectivity index (χ1v) is 10.9. The quantitative estimate of drug-likeness (QED) is 0.502. The number of hydrogen-bond donors (Lipinski definition) is 2. The number of carboxylic acid groups (broad SMARTS) is 1. The Hall–Kier alpha value is -3.21. The van der Waals surface area contributed by atoms with Gasteiger partial charge in [0.05, 0.1) is 0 Å². The second-order valence-corrected chi connectivity index (χ2v) is 9.37. The van der Waals surface area contributed by atoms with Gasteiger partial charge in [-0.15, -0.1) is 11.8 Å². The Morgan fingerprint density at radius 3 is 2.50 bits per heavy atom. The van der Waals surface area contributed by atoms with Crippen LogP contribution in [0, 0.1) is 0 Å². The highest BCUT2D eigenvalue weighted by Crippen LogP contribution is 2.42. The molecule has 0 aromatic heterocycles. The van der Waals surface area contributed by atoms with Crippen molar-refractivity contribution >= 4 is 35.6 Å². The van der Waals surface area contributed by atoms with Gasteiger partial charge in [0.1, 0.15) is 22.4 Å². The van der Waals surface area contributed by atoms with E-state index in [-0.39, 0.29) is 5.70 Å². The van der Waals surface area contributed by atoms with Gasteiger partial charge in [0, 0.05) is 5.75 Å². The van der Waals surface area contributed by atoms with Crippen molar-refractivity contribution in [3.8, 4) is 5.75 Å². The van der Waals surface area contributed by atoms with E-state index >= 15 is 0 Å². The third kappa shape index (κ3) is 4.98. The summed E-state index contributed by atoms with van der Waals surface area (Å²) in [4.78, 5) is 51.1. The van der Waals surface area contributed by atoms with Crippen molar-refractivity contribution in [3.05, 3.63) is 41.6 Å². The van der Waals surface area contributed by atoms with Crippen molar-refractivity contribution in [2.45, 2.75) is 44.7 Å². The van der Waals surface area contributed by atoms with Crippen molar-refractivity contribution in [2.24, 2.45) is 0 Å². The predicted octanol–water partition coefficient (Wildman–Crippen LogP) is 1.98. The first kappa shape index (κ1) is 23.5. The molecule has 0 radical (unpaired) electrons. The van der Waals surface area contributed by atoms with Gasteiger partial charge in [0.15, 0.2) is 12.6 Å². The Morgan fingerprint density at radius 2 is 1.91 bits per heavy atom. The zero-order valence-corrected chi connectivity index (χ0v) is 19.0. The molecule has 1 fully saturated rings. The fraction of sp³-hybridized carbons (Fsp3) is 0.429. The molecular formula is C21H25N3O7S. The molecule has 1 unspecified atom stereocenters. The smallest absolute Gasteiger partial charge is 0.426 e. The van der Waals surface area contributed by atoms with Crippen LogP contribution in [0.15, 0.2) is 41.6 Å². The van der Waals surface area contributed by atoms with E-state index in [0.717, 1.165) is 9.91 Å². The molecular weight excluding hydrogens is 438 g/mol. The number of benzene rings is 1. The van der Waals surface area contributed by atoms with E-state index < -0.39 is 47.5 Å². The molecule has 32 heavy (non-hydrogen) atoms. The van der Waals surface area contributed by atoms with Crippen molar-refractivity contribution in [3.63, 3.8) is 0 Å². The standard InChI is InChI=1S/C21H25N3O7S/c1-12-11-32-18-16(17(26)23(18)15(12)19(27)28)24(22-20(29)31-21(2,3)4)14(25)10-30-13-8-6-5-7-9-13/h5-9,16,18H,10-11H2,1-4H3,(H,22,29)(H,27,28)/t16?,18-/m1/s1. The molecule has 2 aliphatic heterocycles. The number of carboxylic acids is 1. The molecule has 1 aromatic rings. The maximum atomic E-state index is 13.0. The van der Waals surface area contributed by atoms with Crippen LogP contribution in [0.2, 0.25) is 0 Å². The van der Waals surface area contributed by atoms with Crippen molar-refractivity contribution in [2.75, 3.05) is 12.4 Å². The minimum absolute atomic E-state index is 0.0970. The molecule has 0 bridgehead atoms. The summed E-state index contributed by atoms with van der Waals surface area (Å²) in [5.74, 6) is -1.69. The van der Waals surface area contributed by atoms with Crippen LogP contribution in [0.3, 0.4) is 0 Å². The van der Waals surface area contributed by atoms with Crippen LogP contribution >= 0.6 is 11.8 Å². The van der Waals surface area contributed by atoms with Crippen LogP contribution in [-0.2, 0) is 19.1 Å². The minimum Gasteiger partial charge on any atom is -0.484 e. The summed E-state index contributed by atoms with van der Waals surface area (Å²) in [6, 6.07) is 7.51. The van der Waals surface area contributed by atoms with E-state index in [1.54, 1.807) is 58.0 Å². The topological polar surface area (TPSA) is 125 Å². The summed E-state index contributed by atoms with van der Waals surface area (Å²) in [5.41, 5.74) is 1.97. The van der Waals surface area contributed by atoms with E-state index in [0.29, 0.717) is 17.1 Å². The zero-order valence-electron chi connectivity index (χ0n) is 18.2. The molecule has 2 atom stereocenters. The third-order valence-corrected chi connectivity index (χ3v) is 6.01. The summed E-state index contributed by atoms with van der Waals surface area (Å²) in [5, 5.41) is 9.74. The van der Waals surface area contributed by atoms with E-state index in [4.69, 9.17) is 9.47 Å². The monoisotopic (exact) mass is 463 g/mol. The van der Waals surface area contributed by atoms with Crippen molar-refractivity contribution in [1.29, 1.82) is 0 Å². The molecule has 2 aliphatic rings. The highest BCUT2D eigenvalue weighted by Gasteiger charge is 2.57. The lowest BCUT2D eigenvalue weighted by molar-refractivity contribution is -0.163. The number of hydrazine groups is 1. The van der Waals surface area contributed by atoms with Gasteiger partial charge in [0.2, 0.25) is 0 Å². The summed E-state index contributed by atoms with van der Waals surface area (Å²) in [7, 11) is 0. The number of fused-ring (bicyclic) bond motifs is 1. The van der Waals surface area contributed by atoms with Gasteiger partial charge in [-0.1, -0.05) is 18.2 Å². The number of carbonyl (C=O) groups excluding carboxylic acids is 3. The number of nitrogens with one attached hydrogen (secondary N) is 1. The number of aliphatic carboxylic acids is 1. The molecule has 2 N–H and O–H groups in total. The number of β-lactam (4-membered cyclic amide) rings is 1. The number of para-hydroxylation sites is 1. The first-order valence-electron chi connectivity index (χ1n) is 9.87. The van der Waals surface area contributed by atoms with Crippen LogP contribution in [0.25, 0.3) is 0 Å². The van der Waals surface area contributed by atoms with Crippen LogP contribution in [0.1, 0.15) is 27.7 Å². The van der Waals surface area contributed by atoms with E-state index in [2.05, 4.69) is 5.43 Å². The predicted molar refractivity (Wildman–Crippen MR) is 115 cm³/mol. The molecule has 0 aliphatic carbocycles. The summed E-state index contributed by atoms with van der Waals surface area (Å²) >= 11 is 1.31. The highest BCUT2D eigenvalue weighted by atomic mass is 32.2. The minimum atomic E-state index is -1.22. The molecule has 1 aromatic carbocycles. The molecule has 2 heterocycles. The Balaban J connectivity index is 1.81. The lowest BCUT2D eigenvalue weighted by atomic mass is 10.0. The molecule has 1 saturated heterocycles. The highest BCUT2D eigenvalue weighted by molar-refractivity contribution is 8.00. The normalized spacial score (nSPS) is 20.1. The van der Waals surface area contributed by atoms with Gasteiger partial charge in [-0.3, -0.25) is 14.5 Å². The average Bonchev–Trinajstić information content (AvgIpc) is 2.70. The van der Waals surface area contributed by atoms with Gasteiger partial charge in [0.25, 0.3) is 11.8 Å². The molecule has 3 rings (SSSR count). The third-order valence-electron chi connectivity index (χ3n) is 4.60. The molecule has 0 spiro atoms. The summed E-state index contributed by atoms with van der Waals surface area (Å²) < 4.78 is 10.7. The summed E-state index contributed by atoms with van der Waals surface area (Å²) in [6.07, 6.45) is -0.914. The second kappa shape index (κ2) is 9.11. The van der Waals surface area contributed by atoms with Gasteiger partial charge in [-0.05, 0) is 45.4 Å². The number of amides is 3. The van der Waals surface area contributed by atoms with Crippen molar-refractivity contribution < 1.29 is 33.8 Å². The zero-order chi connectivity index (χ0) is 23.6. The van der Waals surface area contributed by atoms with Gasteiger partial charge >= 0.3 is 12.1 Å². The maximum absolute atomic E-state index is 13.0. The van der Waals surface area contributed by atoms with Gasteiger partial charge < -0.3 is 14.6 Å². The lowest BCUT2D eigenvalue weighted by Crippen LogP contribution is -2.74. The maximum Gasteiger partial charge on any atom is 0.426 e. The number of hydrogen-bond acceptors (Lipinski definition) is 7. The lowest BCUT2D eigenvalue weighted by Gasteiger charge is -2.52. The Morgan fingerprint density at radius 1 is 1.25 bits per heavy atom. The first-order chi connectivity index (χ1) is 15.0. The van der Waals surface area contributed by atoms with Crippen LogP contribution in [-0.4, -0.2) is 68.3 Å². The van der Waals surface area contributed by atoms with Crippen LogP contribution in [0.5, 0.6) is 5.75 Å². The van der Waals surface area contributed by atoms with Crippen LogP contribution < -0.4 is 10.2 Å². The SMILES string of the molecule is CC1=C(C(=O)O)N2C(=O)C(N(NC(=O)OC(C)(C)C)C(=O)COc3ccccc3)[C@H]2SC1. The molecule has 172 valence electrons. The average molecular weight is 464 g/mol.